The minimum atomic E-state index is -0.140. The Bertz CT molecular complexity index is 518. The van der Waals surface area contributed by atoms with E-state index in [1.165, 1.54) is 7.11 Å². The van der Waals surface area contributed by atoms with Crippen LogP contribution in [-0.4, -0.2) is 55.6 Å². The molecule has 0 radical (unpaired) electrons. The first-order chi connectivity index (χ1) is 10.7. The lowest BCUT2D eigenvalue weighted by molar-refractivity contribution is -0.145. The van der Waals surface area contributed by atoms with Crippen molar-refractivity contribution in [2.45, 2.75) is 13.3 Å². The molecule has 1 aliphatic heterocycles. The predicted molar refractivity (Wildman–Crippen MR) is 85.5 cm³/mol. The maximum absolute atomic E-state index is 11.8. The number of hydrogen-bond acceptors (Lipinski definition) is 4. The lowest BCUT2D eigenvalue weighted by atomic mass is 9.99. The monoisotopic (exact) mass is 304 g/mol. The van der Waals surface area contributed by atoms with Gasteiger partial charge in [-0.05, 0) is 18.1 Å². The van der Waals surface area contributed by atoms with E-state index in [0.29, 0.717) is 6.54 Å². The van der Waals surface area contributed by atoms with Crippen LogP contribution in [-0.2, 0) is 16.0 Å². The number of carbonyl (C=O) groups excluding carboxylic acids is 1. The first kappa shape index (κ1) is 16.3. The maximum atomic E-state index is 11.8. The molecule has 0 aromatic carbocycles. The smallest absolute Gasteiger partial charge is 0.310 e. The Hall–Kier alpha value is -2.11. The predicted octanol–water partition coefficient (Wildman–Crippen LogP) is 0.940. The fourth-order valence-electron chi connectivity index (χ4n) is 2.78. The van der Waals surface area contributed by atoms with Crippen molar-refractivity contribution in [2.24, 2.45) is 16.8 Å². The number of rotatable bonds is 4. The number of pyridine rings is 1. The number of aromatic nitrogens is 1. The molecule has 2 rings (SSSR count). The summed E-state index contributed by atoms with van der Waals surface area (Å²) in [5.41, 5.74) is 1.05. The van der Waals surface area contributed by atoms with E-state index in [4.69, 9.17) is 4.74 Å². The number of nitrogens with zero attached hydrogens (tertiary/aromatic N) is 3. The molecule has 2 heterocycles. The van der Waals surface area contributed by atoms with Gasteiger partial charge in [-0.1, -0.05) is 13.0 Å². The van der Waals surface area contributed by atoms with Crippen LogP contribution in [0.1, 0.15) is 12.6 Å². The number of aliphatic imine (C=N–C) groups is 1. The quantitative estimate of drug-likeness (QED) is 0.509. The van der Waals surface area contributed by atoms with Gasteiger partial charge in [0, 0.05) is 45.0 Å². The first-order valence-electron chi connectivity index (χ1n) is 7.59. The van der Waals surface area contributed by atoms with E-state index in [1.54, 1.807) is 13.2 Å². The van der Waals surface area contributed by atoms with Crippen LogP contribution in [0.2, 0.25) is 0 Å². The van der Waals surface area contributed by atoms with Crippen LogP contribution in [0, 0.1) is 11.8 Å². The fraction of sp³-hybridized carbons (Fsp3) is 0.562. The van der Waals surface area contributed by atoms with Crippen molar-refractivity contribution in [3.05, 3.63) is 30.1 Å². The van der Waals surface area contributed by atoms with E-state index in [9.17, 15) is 4.79 Å². The number of esters is 1. The molecule has 0 aliphatic carbocycles. The molecule has 1 saturated heterocycles. The number of ether oxygens (including phenoxy) is 1. The second-order valence-corrected chi connectivity index (χ2v) is 5.56. The summed E-state index contributed by atoms with van der Waals surface area (Å²) < 4.78 is 4.87. The third-order valence-corrected chi connectivity index (χ3v) is 4.02. The summed E-state index contributed by atoms with van der Waals surface area (Å²) in [7, 11) is 3.21. The molecular formula is C16H24N4O2. The SMILES string of the molecule is CN=C(NCCc1ccccn1)N1CC(C)C(C(=O)OC)C1. The molecule has 0 saturated carbocycles. The Morgan fingerprint density at radius 2 is 2.32 bits per heavy atom. The van der Waals surface area contributed by atoms with Gasteiger partial charge < -0.3 is 15.0 Å². The second-order valence-electron chi connectivity index (χ2n) is 5.56. The summed E-state index contributed by atoms with van der Waals surface area (Å²) in [6.45, 7) is 4.29. The Balaban J connectivity index is 1.86. The highest BCUT2D eigenvalue weighted by Crippen LogP contribution is 2.23. The van der Waals surface area contributed by atoms with E-state index in [2.05, 4.69) is 27.1 Å². The van der Waals surface area contributed by atoms with Crippen LogP contribution in [0.3, 0.4) is 0 Å². The number of likely N-dealkylation sites (tertiary alicyclic amines) is 1. The standard InChI is InChI=1S/C16H24N4O2/c1-12-10-20(11-14(12)15(21)22-3)16(17-2)19-9-7-13-6-4-5-8-18-13/h4-6,8,12,14H,7,9-11H2,1-3H3,(H,17,19). The number of carbonyl (C=O) groups is 1. The average Bonchev–Trinajstić information content (AvgIpc) is 2.93. The lowest BCUT2D eigenvalue weighted by Crippen LogP contribution is -2.41. The van der Waals surface area contributed by atoms with Crippen molar-refractivity contribution in [1.29, 1.82) is 0 Å². The van der Waals surface area contributed by atoms with Crippen molar-refractivity contribution in [3.63, 3.8) is 0 Å². The molecule has 2 unspecified atom stereocenters. The van der Waals surface area contributed by atoms with E-state index >= 15 is 0 Å². The van der Waals surface area contributed by atoms with Crippen LogP contribution >= 0.6 is 0 Å². The molecule has 1 aromatic rings. The lowest BCUT2D eigenvalue weighted by Gasteiger charge is -2.21. The van der Waals surface area contributed by atoms with Crippen molar-refractivity contribution in [2.75, 3.05) is 33.8 Å². The summed E-state index contributed by atoms with van der Waals surface area (Å²) in [6, 6.07) is 5.91. The van der Waals surface area contributed by atoms with Crippen LogP contribution in [0.4, 0.5) is 0 Å². The maximum Gasteiger partial charge on any atom is 0.310 e. The van der Waals surface area contributed by atoms with Crippen molar-refractivity contribution >= 4 is 11.9 Å². The van der Waals surface area contributed by atoms with E-state index < -0.39 is 0 Å². The summed E-state index contributed by atoms with van der Waals surface area (Å²) in [6.07, 6.45) is 2.64. The molecule has 1 fully saturated rings. The Morgan fingerprint density at radius 3 is 2.95 bits per heavy atom. The summed E-state index contributed by atoms with van der Waals surface area (Å²) in [5, 5.41) is 3.34. The molecule has 1 N–H and O–H groups in total. The van der Waals surface area contributed by atoms with Gasteiger partial charge in [0.2, 0.25) is 0 Å². The molecule has 1 aliphatic rings. The van der Waals surface area contributed by atoms with Gasteiger partial charge in [-0.2, -0.15) is 0 Å². The fourth-order valence-corrected chi connectivity index (χ4v) is 2.78. The number of guanidine groups is 1. The van der Waals surface area contributed by atoms with Gasteiger partial charge in [-0.25, -0.2) is 0 Å². The van der Waals surface area contributed by atoms with Crippen molar-refractivity contribution < 1.29 is 9.53 Å². The highest BCUT2D eigenvalue weighted by molar-refractivity contribution is 5.82. The van der Waals surface area contributed by atoms with Gasteiger partial charge in [0.05, 0.1) is 13.0 Å². The normalized spacial score (nSPS) is 21.8. The zero-order valence-electron chi connectivity index (χ0n) is 13.5. The number of methoxy groups -OCH3 is 1. The molecule has 6 heteroatoms. The van der Waals surface area contributed by atoms with Gasteiger partial charge in [0.1, 0.15) is 0 Å². The highest BCUT2D eigenvalue weighted by Gasteiger charge is 2.36. The summed E-state index contributed by atoms with van der Waals surface area (Å²) in [5.74, 6) is 0.870. The molecule has 120 valence electrons. The molecule has 0 amide bonds. The van der Waals surface area contributed by atoms with Gasteiger partial charge in [0.15, 0.2) is 5.96 Å². The van der Waals surface area contributed by atoms with Crippen LogP contribution in [0.15, 0.2) is 29.4 Å². The van der Waals surface area contributed by atoms with E-state index in [1.807, 2.05) is 18.2 Å². The highest BCUT2D eigenvalue weighted by atomic mass is 16.5. The van der Waals surface area contributed by atoms with Gasteiger partial charge in [-0.15, -0.1) is 0 Å². The second kappa shape index (κ2) is 7.77. The minimum Gasteiger partial charge on any atom is -0.469 e. The van der Waals surface area contributed by atoms with Gasteiger partial charge in [0.25, 0.3) is 0 Å². The third-order valence-electron chi connectivity index (χ3n) is 4.02. The third kappa shape index (κ3) is 3.96. The van der Waals surface area contributed by atoms with Gasteiger partial charge in [-0.3, -0.25) is 14.8 Å². The van der Waals surface area contributed by atoms with E-state index in [0.717, 1.165) is 31.2 Å². The molecule has 6 nitrogen and oxygen atoms in total. The zero-order valence-corrected chi connectivity index (χ0v) is 13.5. The largest absolute Gasteiger partial charge is 0.469 e. The van der Waals surface area contributed by atoms with E-state index in [-0.39, 0.29) is 17.8 Å². The Morgan fingerprint density at radius 1 is 1.50 bits per heavy atom. The molecule has 1 aromatic heterocycles. The molecule has 0 spiro atoms. The first-order valence-corrected chi connectivity index (χ1v) is 7.59. The zero-order chi connectivity index (χ0) is 15.9. The summed E-state index contributed by atoms with van der Waals surface area (Å²) in [4.78, 5) is 22.5. The molecule has 22 heavy (non-hydrogen) atoms. The van der Waals surface area contributed by atoms with Crippen LogP contribution in [0.5, 0.6) is 0 Å². The Kier molecular flexibility index (Phi) is 5.75. The molecular weight excluding hydrogens is 280 g/mol. The molecule has 0 bridgehead atoms. The van der Waals surface area contributed by atoms with Crippen molar-refractivity contribution in [1.82, 2.24) is 15.2 Å². The minimum absolute atomic E-state index is 0.0839. The van der Waals surface area contributed by atoms with Crippen molar-refractivity contribution in [3.8, 4) is 0 Å². The average molecular weight is 304 g/mol. The van der Waals surface area contributed by atoms with Gasteiger partial charge >= 0.3 is 5.97 Å². The van der Waals surface area contributed by atoms with Crippen LogP contribution < -0.4 is 5.32 Å². The Labute approximate surface area is 131 Å². The topological polar surface area (TPSA) is 66.8 Å². The number of nitrogens with one attached hydrogen (secondary N) is 1. The van der Waals surface area contributed by atoms with Crippen LogP contribution in [0.25, 0.3) is 0 Å². The molecule has 2 atom stereocenters. The number of hydrogen-bond donors (Lipinski definition) is 1. The summed E-state index contributed by atoms with van der Waals surface area (Å²) >= 11 is 0.